The van der Waals surface area contributed by atoms with Crippen LogP contribution in [0, 0.1) is 11.3 Å². The van der Waals surface area contributed by atoms with Gasteiger partial charge >= 0.3 is 0 Å². The van der Waals surface area contributed by atoms with Crippen molar-refractivity contribution < 1.29 is 8.42 Å². The van der Waals surface area contributed by atoms with Gasteiger partial charge in [0.1, 0.15) is 4.66 Å². The summed E-state index contributed by atoms with van der Waals surface area (Å²) in [6.07, 6.45) is 1.93. The van der Waals surface area contributed by atoms with Crippen molar-refractivity contribution in [2.45, 2.75) is 19.3 Å². The lowest BCUT2D eigenvalue weighted by Gasteiger charge is -2.01. The maximum Gasteiger partial charge on any atom is 0.221 e. The van der Waals surface area contributed by atoms with Gasteiger partial charge in [0, 0.05) is 13.0 Å². The minimum atomic E-state index is -3.12. The summed E-state index contributed by atoms with van der Waals surface area (Å²) in [5.74, 6) is 0. The fourth-order valence-corrected chi connectivity index (χ4v) is 1.61. The SMILES string of the molecule is N#CCCCCNS(=O)(=O)CBr. The number of alkyl halides is 1. The van der Waals surface area contributed by atoms with Crippen LogP contribution in [-0.2, 0) is 10.0 Å². The van der Waals surface area contributed by atoms with Gasteiger partial charge in [-0.3, -0.25) is 0 Å². The Balaban J connectivity index is 3.39. The number of unbranched alkanes of at least 4 members (excludes halogenated alkanes) is 2. The van der Waals surface area contributed by atoms with Crippen LogP contribution in [0.25, 0.3) is 0 Å². The molecule has 0 unspecified atom stereocenters. The molecule has 0 radical (unpaired) electrons. The molecule has 1 N–H and O–H groups in total. The Morgan fingerprint density at radius 3 is 2.58 bits per heavy atom. The predicted molar refractivity (Wildman–Crippen MR) is 50.2 cm³/mol. The Labute approximate surface area is 81.1 Å². The van der Waals surface area contributed by atoms with Crippen molar-refractivity contribution in [1.29, 1.82) is 5.26 Å². The van der Waals surface area contributed by atoms with Crippen LogP contribution in [-0.4, -0.2) is 19.6 Å². The van der Waals surface area contributed by atoms with E-state index in [0.29, 0.717) is 19.4 Å². The number of sulfonamides is 1. The second kappa shape index (κ2) is 6.40. The molecule has 0 heterocycles. The van der Waals surface area contributed by atoms with Gasteiger partial charge in [-0.1, -0.05) is 15.9 Å². The molecule has 0 bridgehead atoms. The van der Waals surface area contributed by atoms with Crippen molar-refractivity contribution in [3.05, 3.63) is 0 Å². The molecule has 0 spiro atoms. The van der Waals surface area contributed by atoms with Crippen LogP contribution in [0.4, 0.5) is 0 Å². The molecule has 0 aromatic carbocycles. The van der Waals surface area contributed by atoms with Crippen LogP contribution >= 0.6 is 15.9 Å². The van der Waals surface area contributed by atoms with Crippen LogP contribution in [0.2, 0.25) is 0 Å². The summed E-state index contributed by atoms with van der Waals surface area (Å²) in [5.41, 5.74) is 0. The summed E-state index contributed by atoms with van der Waals surface area (Å²) in [6, 6.07) is 1.99. The molecule has 0 saturated heterocycles. The van der Waals surface area contributed by atoms with Crippen LogP contribution in [0.5, 0.6) is 0 Å². The summed E-state index contributed by atoms with van der Waals surface area (Å²) in [4.78, 5) is 0. The van der Waals surface area contributed by atoms with Crippen molar-refractivity contribution in [1.82, 2.24) is 4.72 Å². The van der Waals surface area contributed by atoms with Crippen molar-refractivity contribution in [3.63, 3.8) is 0 Å². The maximum absolute atomic E-state index is 10.8. The molecule has 0 aliphatic rings. The third-order valence-corrected chi connectivity index (χ3v) is 3.92. The minimum Gasteiger partial charge on any atom is -0.215 e. The highest BCUT2D eigenvalue weighted by molar-refractivity contribution is 9.10. The fourth-order valence-electron chi connectivity index (χ4n) is 0.595. The molecule has 6 heteroatoms. The Kier molecular flexibility index (Phi) is 6.34. The lowest BCUT2D eigenvalue weighted by Crippen LogP contribution is -2.25. The van der Waals surface area contributed by atoms with Gasteiger partial charge in [0.15, 0.2) is 0 Å². The van der Waals surface area contributed by atoms with E-state index >= 15 is 0 Å². The first-order valence-corrected chi connectivity index (χ1v) is 6.30. The van der Waals surface area contributed by atoms with E-state index in [0.717, 1.165) is 6.42 Å². The molecule has 0 rings (SSSR count). The monoisotopic (exact) mass is 254 g/mol. The number of nitrogens with zero attached hydrogens (tertiary/aromatic N) is 1. The smallest absolute Gasteiger partial charge is 0.215 e. The van der Waals surface area contributed by atoms with E-state index in [2.05, 4.69) is 20.7 Å². The van der Waals surface area contributed by atoms with E-state index in [9.17, 15) is 8.42 Å². The number of hydrogen-bond donors (Lipinski definition) is 1. The quantitative estimate of drug-likeness (QED) is 0.567. The van der Waals surface area contributed by atoms with Gasteiger partial charge in [0.05, 0.1) is 6.07 Å². The van der Waals surface area contributed by atoms with E-state index in [1.165, 1.54) is 0 Å². The Morgan fingerprint density at radius 2 is 2.08 bits per heavy atom. The highest BCUT2D eigenvalue weighted by atomic mass is 79.9. The molecule has 0 fully saturated rings. The molecule has 70 valence electrons. The van der Waals surface area contributed by atoms with E-state index < -0.39 is 10.0 Å². The Hall–Kier alpha value is -0.120. The third-order valence-electron chi connectivity index (χ3n) is 1.18. The summed E-state index contributed by atoms with van der Waals surface area (Å²) in [7, 11) is -3.12. The molecule has 12 heavy (non-hydrogen) atoms. The highest BCUT2D eigenvalue weighted by Crippen LogP contribution is 1.94. The summed E-state index contributed by atoms with van der Waals surface area (Å²) < 4.78 is 23.9. The molecule has 0 aromatic heterocycles. The second-order valence-electron chi connectivity index (χ2n) is 2.23. The van der Waals surface area contributed by atoms with Crippen LogP contribution < -0.4 is 4.72 Å². The average molecular weight is 255 g/mol. The Morgan fingerprint density at radius 1 is 1.42 bits per heavy atom. The topological polar surface area (TPSA) is 70.0 Å². The van der Waals surface area contributed by atoms with Gasteiger partial charge in [-0.15, -0.1) is 0 Å². The first-order chi connectivity index (χ1) is 5.62. The molecule has 0 amide bonds. The molecule has 0 aliphatic carbocycles. The predicted octanol–water partition coefficient (Wildman–Crippen LogP) is 0.952. The average Bonchev–Trinajstić information content (AvgIpc) is 2.04. The van der Waals surface area contributed by atoms with Crippen LogP contribution in [0.3, 0.4) is 0 Å². The van der Waals surface area contributed by atoms with E-state index in [-0.39, 0.29) is 4.66 Å². The lowest BCUT2D eigenvalue weighted by molar-refractivity contribution is 0.582. The summed E-state index contributed by atoms with van der Waals surface area (Å²) >= 11 is 2.85. The highest BCUT2D eigenvalue weighted by Gasteiger charge is 2.04. The van der Waals surface area contributed by atoms with Gasteiger partial charge < -0.3 is 0 Å². The largest absolute Gasteiger partial charge is 0.221 e. The van der Waals surface area contributed by atoms with Gasteiger partial charge in [-0.25, -0.2) is 13.1 Å². The van der Waals surface area contributed by atoms with Gasteiger partial charge in [-0.05, 0) is 12.8 Å². The summed E-state index contributed by atoms with van der Waals surface area (Å²) in [6.45, 7) is 0.412. The van der Waals surface area contributed by atoms with E-state index in [4.69, 9.17) is 5.26 Å². The Bertz CT molecular complexity index is 245. The van der Waals surface area contributed by atoms with E-state index in [1.54, 1.807) is 0 Å². The first kappa shape index (κ1) is 11.9. The molecule has 4 nitrogen and oxygen atoms in total. The summed E-state index contributed by atoms with van der Waals surface area (Å²) in [5, 5.41) is 8.18. The molecule has 0 saturated carbocycles. The number of hydrogen-bond acceptors (Lipinski definition) is 3. The zero-order valence-electron chi connectivity index (χ0n) is 6.59. The van der Waals surface area contributed by atoms with Crippen molar-refractivity contribution in [2.75, 3.05) is 11.2 Å². The molecular weight excluding hydrogens is 244 g/mol. The maximum atomic E-state index is 10.8. The number of nitrogens with one attached hydrogen (secondary N) is 1. The zero-order valence-corrected chi connectivity index (χ0v) is 8.99. The second-order valence-corrected chi connectivity index (χ2v) is 5.34. The fraction of sp³-hybridized carbons (Fsp3) is 0.833. The number of rotatable bonds is 6. The number of nitriles is 1. The zero-order chi connectivity index (χ0) is 9.45. The lowest BCUT2D eigenvalue weighted by atomic mass is 10.2. The molecular formula is C6H11BrN2O2S. The van der Waals surface area contributed by atoms with Crippen molar-refractivity contribution >= 4 is 26.0 Å². The third kappa shape index (κ3) is 6.58. The molecule has 0 atom stereocenters. The molecule has 0 aliphatic heterocycles. The minimum absolute atomic E-state index is 0.0712. The van der Waals surface area contributed by atoms with Crippen molar-refractivity contribution in [3.8, 4) is 6.07 Å². The van der Waals surface area contributed by atoms with E-state index in [1.807, 2.05) is 6.07 Å². The standard InChI is InChI=1S/C6H11BrN2O2S/c7-6-12(10,11)9-5-3-1-2-4-8/h9H,1-3,5-6H2. The van der Waals surface area contributed by atoms with Crippen molar-refractivity contribution in [2.24, 2.45) is 0 Å². The van der Waals surface area contributed by atoms with Crippen LogP contribution in [0.1, 0.15) is 19.3 Å². The van der Waals surface area contributed by atoms with Gasteiger partial charge in [-0.2, -0.15) is 5.26 Å². The van der Waals surface area contributed by atoms with Gasteiger partial charge in [0.2, 0.25) is 10.0 Å². The number of halogens is 1. The first-order valence-electron chi connectivity index (χ1n) is 3.52. The molecule has 0 aromatic rings. The normalized spacial score (nSPS) is 11.0. The van der Waals surface area contributed by atoms with Gasteiger partial charge in [0.25, 0.3) is 0 Å². The van der Waals surface area contributed by atoms with Crippen LogP contribution in [0.15, 0.2) is 0 Å².